The number of benzene rings is 1. The van der Waals surface area contributed by atoms with Crippen molar-refractivity contribution in [2.45, 2.75) is 17.4 Å². The summed E-state index contributed by atoms with van der Waals surface area (Å²) < 4.78 is 0. The second-order valence-electron chi connectivity index (χ2n) is 5.41. The Morgan fingerprint density at radius 1 is 1.16 bits per heavy atom. The van der Waals surface area contributed by atoms with Gasteiger partial charge < -0.3 is 5.32 Å². The van der Waals surface area contributed by atoms with Crippen LogP contribution in [-0.4, -0.2) is 50.1 Å². The highest BCUT2D eigenvalue weighted by Gasteiger charge is 2.50. The fraction of sp³-hybridized carbons (Fsp3) is 0.267. The minimum absolute atomic E-state index is 0.442. The molecule has 2 aliphatic heterocycles. The van der Waals surface area contributed by atoms with Gasteiger partial charge >= 0.3 is 0 Å². The van der Waals surface area contributed by atoms with Crippen molar-refractivity contribution in [3.63, 3.8) is 0 Å². The van der Waals surface area contributed by atoms with Crippen LogP contribution >= 0.6 is 23.5 Å². The van der Waals surface area contributed by atoms with E-state index in [1.165, 1.54) is 0 Å². The molecule has 2 aliphatic rings. The maximum atomic E-state index is 12.4. The van der Waals surface area contributed by atoms with Gasteiger partial charge in [-0.1, -0.05) is 18.2 Å². The van der Waals surface area contributed by atoms with Crippen LogP contribution < -0.4 is 10.6 Å². The van der Waals surface area contributed by atoms with E-state index in [1.54, 1.807) is 12.1 Å². The largest absolute Gasteiger partial charge is 0.324 e. The van der Waals surface area contributed by atoms with Crippen LogP contribution in [0.4, 0.5) is 15.3 Å². The second kappa shape index (κ2) is 6.89. The first-order chi connectivity index (χ1) is 11.9. The lowest BCUT2D eigenvalue weighted by Gasteiger charge is -2.15. The van der Waals surface area contributed by atoms with Gasteiger partial charge in [-0.25, -0.2) is 0 Å². The predicted octanol–water partition coefficient (Wildman–Crippen LogP) is 1.35. The Balaban J connectivity index is 1.67. The number of rotatable bonds is 4. The van der Waals surface area contributed by atoms with E-state index in [1.807, 2.05) is 19.1 Å². The van der Waals surface area contributed by atoms with Crippen molar-refractivity contribution < 1.29 is 24.0 Å². The fourth-order valence-corrected chi connectivity index (χ4v) is 4.52. The number of para-hydroxylation sites is 1. The summed E-state index contributed by atoms with van der Waals surface area (Å²) in [6.45, 7) is 1.38. The van der Waals surface area contributed by atoms with Gasteiger partial charge in [0, 0.05) is 5.69 Å². The lowest BCUT2D eigenvalue weighted by atomic mass is 10.2. The molecule has 0 aliphatic carbocycles. The molecule has 0 radical (unpaired) electrons. The summed E-state index contributed by atoms with van der Waals surface area (Å²) in [4.78, 5) is 60.4. The molecule has 2 saturated heterocycles. The summed E-state index contributed by atoms with van der Waals surface area (Å²) in [5.41, 5.74) is 1.44. The summed E-state index contributed by atoms with van der Waals surface area (Å²) >= 11 is 1.34. The zero-order valence-corrected chi connectivity index (χ0v) is 14.6. The van der Waals surface area contributed by atoms with Crippen LogP contribution in [0.5, 0.6) is 0 Å². The number of aryl methyl sites for hydroxylation is 1. The van der Waals surface area contributed by atoms with Gasteiger partial charge in [0.05, 0.1) is 0 Å². The van der Waals surface area contributed by atoms with Gasteiger partial charge in [0.25, 0.3) is 10.5 Å². The molecule has 0 unspecified atom stereocenters. The fourth-order valence-electron chi connectivity index (χ4n) is 2.42. The normalized spacial score (nSPS) is 23.2. The van der Waals surface area contributed by atoms with Gasteiger partial charge in [0.2, 0.25) is 17.7 Å². The number of amides is 5. The number of carbonyl (C=O) groups excluding carboxylic acids is 5. The molecule has 2 fully saturated rings. The van der Waals surface area contributed by atoms with Crippen LogP contribution in [0.15, 0.2) is 24.3 Å². The van der Waals surface area contributed by atoms with E-state index in [0.717, 1.165) is 10.5 Å². The van der Waals surface area contributed by atoms with Crippen molar-refractivity contribution >= 4 is 57.4 Å². The highest BCUT2D eigenvalue weighted by molar-refractivity contribution is 8.19. The molecule has 10 heteroatoms. The van der Waals surface area contributed by atoms with Gasteiger partial charge in [0.1, 0.15) is 17.0 Å². The number of thioether (sulfide) groups is 2. The lowest BCUT2D eigenvalue weighted by molar-refractivity contribution is -0.131. The van der Waals surface area contributed by atoms with E-state index >= 15 is 0 Å². The van der Waals surface area contributed by atoms with Crippen molar-refractivity contribution in [2.24, 2.45) is 0 Å². The molecule has 2 N–H and O–H groups in total. The van der Waals surface area contributed by atoms with E-state index in [2.05, 4.69) is 10.6 Å². The summed E-state index contributed by atoms with van der Waals surface area (Å²) in [6, 6.07) is 7.11. The monoisotopic (exact) mass is 379 g/mol. The molecule has 130 valence electrons. The molecule has 5 amide bonds. The quantitative estimate of drug-likeness (QED) is 0.812. The van der Waals surface area contributed by atoms with Crippen molar-refractivity contribution in [1.82, 2.24) is 10.2 Å². The van der Waals surface area contributed by atoms with Crippen LogP contribution in [0.25, 0.3) is 0 Å². The Kier molecular flexibility index (Phi) is 4.82. The number of hydrogen-bond acceptors (Lipinski definition) is 7. The maximum absolute atomic E-state index is 12.4. The predicted molar refractivity (Wildman–Crippen MR) is 93.2 cm³/mol. The molecule has 2 heterocycles. The first-order valence-electron chi connectivity index (χ1n) is 7.26. The summed E-state index contributed by atoms with van der Waals surface area (Å²) in [6.07, 6.45) is 0. The third kappa shape index (κ3) is 3.54. The average molecular weight is 379 g/mol. The van der Waals surface area contributed by atoms with Crippen molar-refractivity contribution in [3.8, 4) is 0 Å². The van der Waals surface area contributed by atoms with Gasteiger partial charge in [-0.2, -0.15) is 0 Å². The third-order valence-electron chi connectivity index (χ3n) is 3.67. The maximum Gasteiger partial charge on any atom is 0.289 e. The molecule has 1 aromatic rings. The average Bonchev–Trinajstić information content (AvgIpc) is 3.02. The molecule has 8 nitrogen and oxygen atoms in total. The minimum atomic E-state index is -1.00. The van der Waals surface area contributed by atoms with E-state index in [-0.39, 0.29) is 0 Å². The van der Waals surface area contributed by atoms with E-state index in [4.69, 9.17) is 0 Å². The van der Waals surface area contributed by atoms with Crippen LogP contribution in [0.2, 0.25) is 0 Å². The van der Waals surface area contributed by atoms with Gasteiger partial charge in [-0.05, 0) is 42.1 Å². The number of imide groups is 2. The Bertz CT molecular complexity index is 797. The smallest absolute Gasteiger partial charge is 0.289 e. The van der Waals surface area contributed by atoms with E-state index < -0.39 is 45.2 Å². The third-order valence-corrected chi connectivity index (χ3v) is 6.05. The van der Waals surface area contributed by atoms with E-state index in [0.29, 0.717) is 29.2 Å². The number of nitrogens with zero attached hydrogens (tertiary/aromatic N) is 1. The van der Waals surface area contributed by atoms with Crippen LogP contribution in [0.1, 0.15) is 5.56 Å². The topological polar surface area (TPSA) is 113 Å². The highest BCUT2D eigenvalue weighted by Crippen LogP contribution is 2.36. The number of nitrogens with one attached hydrogen (secondary N) is 2. The summed E-state index contributed by atoms with van der Waals surface area (Å²) in [5.74, 6) is -1.76. The Morgan fingerprint density at radius 3 is 2.52 bits per heavy atom. The number of anilines is 1. The Hall–Kier alpha value is -2.33. The zero-order chi connectivity index (χ0) is 18.1. The molecule has 3 rings (SSSR count). The molecule has 1 aromatic carbocycles. The Morgan fingerprint density at radius 2 is 1.88 bits per heavy atom. The van der Waals surface area contributed by atoms with Crippen molar-refractivity contribution in [3.05, 3.63) is 29.8 Å². The molecule has 2 atom stereocenters. The van der Waals surface area contributed by atoms with Crippen LogP contribution in [-0.2, 0) is 14.4 Å². The number of carbonyl (C=O) groups is 5. The summed E-state index contributed by atoms with van der Waals surface area (Å²) in [7, 11) is 0. The highest BCUT2D eigenvalue weighted by atomic mass is 32.2. The number of hydrogen-bond donors (Lipinski definition) is 2. The first-order valence-corrected chi connectivity index (χ1v) is 9.01. The van der Waals surface area contributed by atoms with E-state index in [9.17, 15) is 24.0 Å². The van der Waals surface area contributed by atoms with Crippen LogP contribution in [0.3, 0.4) is 0 Å². The zero-order valence-electron chi connectivity index (χ0n) is 13.0. The molecule has 0 aromatic heterocycles. The standard InChI is InChI=1S/C15H13N3O5S2/c1-7-4-2-3-5-8(7)16-9(19)6-18-13(21)11(25-15(18)23)10-12(20)17-14(22)24-10/h2-5,10-11H,6H2,1H3,(H,16,19)(H,17,20,22)/t10-,11-/m0/s1. The van der Waals surface area contributed by atoms with Gasteiger partial charge in [-0.3, -0.25) is 34.2 Å². The van der Waals surface area contributed by atoms with Gasteiger partial charge in [-0.15, -0.1) is 0 Å². The van der Waals surface area contributed by atoms with Gasteiger partial charge in [0.15, 0.2) is 0 Å². The SMILES string of the molecule is Cc1ccccc1NC(=O)CN1C(=O)S[C@@H]([C@@H]2SC(=O)NC2=O)C1=O. The Labute approximate surface area is 151 Å². The molecule has 0 saturated carbocycles. The lowest BCUT2D eigenvalue weighted by Crippen LogP contribution is -2.42. The minimum Gasteiger partial charge on any atom is -0.324 e. The molecular weight excluding hydrogens is 366 g/mol. The molecule has 0 spiro atoms. The molecule has 0 bridgehead atoms. The first kappa shape index (κ1) is 17.5. The van der Waals surface area contributed by atoms with Crippen molar-refractivity contribution in [1.29, 1.82) is 0 Å². The van der Waals surface area contributed by atoms with Crippen LogP contribution in [0, 0.1) is 6.92 Å². The molecule has 25 heavy (non-hydrogen) atoms. The second-order valence-corrected chi connectivity index (χ2v) is 7.61. The summed E-state index contributed by atoms with van der Waals surface area (Å²) in [5, 5.41) is 1.61. The molecular formula is C15H13N3O5S2. The van der Waals surface area contributed by atoms with Crippen molar-refractivity contribution in [2.75, 3.05) is 11.9 Å².